The fraction of sp³-hybridized carbons (Fsp3) is 0.478. The summed E-state index contributed by atoms with van der Waals surface area (Å²) in [5.41, 5.74) is -0.00275. The molecule has 2 aromatic heterocycles. The quantitative estimate of drug-likeness (QED) is 0.165. The minimum atomic E-state index is -1.66. The number of likely N-dealkylation sites (N-methyl/N-ethyl adjacent to an activating group) is 1. The zero-order valence-corrected chi connectivity index (χ0v) is 37.2. The van der Waals surface area contributed by atoms with Gasteiger partial charge in [0.15, 0.2) is 18.2 Å². The lowest BCUT2D eigenvalue weighted by Gasteiger charge is -2.48. The normalized spacial score (nSPS) is 22.5. The molecule has 2 aromatic carbocycles. The van der Waals surface area contributed by atoms with Crippen LogP contribution in [0.25, 0.3) is 10.9 Å². The number of carbonyl (C=O) groups is 5. The minimum Gasteiger partial charge on any atom is -0.478 e. The summed E-state index contributed by atoms with van der Waals surface area (Å²) < 4.78 is 30.3. The highest BCUT2D eigenvalue weighted by atomic mass is 35.5. The van der Waals surface area contributed by atoms with Crippen LogP contribution in [0.15, 0.2) is 53.5 Å². The molecule has 0 bridgehead atoms. The molecule has 0 radical (unpaired) electrons. The van der Waals surface area contributed by atoms with Gasteiger partial charge in [0.1, 0.15) is 16.7 Å². The first kappa shape index (κ1) is 44.2. The van der Waals surface area contributed by atoms with Crippen molar-refractivity contribution in [2.75, 3.05) is 50.1 Å². The fourth-order valence-electron chi connectivity index (χ4n) is 9.66. The Kier molecular flexibility index (Phi) is 12.1. The van der Waals surface area contributed by atoms with Crippen LogP contribution in [0.3, 0.4) is 0 Å². The van der Waals surface area contributed by atoms with E-state index in [9.17, 15) is 28.8 Å². The van der Waals surface area contributed by atoms with E-state index in [2.05, 4.69) is 30.7 Å². The molecule has 4 aliphatic heterocycles. The monoisotopic (exact) mass is 911 g/mol. The Morgan fingerprint density at radius 3 is 2.40 bits per heavy atom. The molecule has 1 atom stereocenters. The molecule has 1 unspecified atom stereocenters. The molecule has 17 nitrogen and oxygen atoms in total. The summed E-state index contributed by atoms with van der Waals surface area (Å²) in [5.74, 6) is -1.67. The molecule has 3 saturated heterocycles. The highest BCUT2D eigenvalue weighted by molar-refractivity contribution is 6.33. The number of nitrogens with one attached hydrogen (secondary N) is 3. The zero-order valence-electron chi connectivity index (χ0n) is 36.4. The lowest BCUT2D eigenvalue weighted by atomic mass is 9.81. The number of piperidine rings is 3. The number of pyridine rings is 1. The number of nitrogens with zero attached hydrogens (tertiary/aromatic N) is 6. The van der Waals surface area contributed by atoms with E-state index in [1.54, 1.807) is 22.9 Å². The van der Waals surface area contributed by atoms with Crippen LogP contribution in [0, 0.1) is 0 Å². The summed E-state index contributed by atoms with van der Waals surface area (Å²) in [6.45, 7) is 6.04. The van der Waals surface area contributed by atoms with Crippen molar-refractivity contribution in [1.29, 1.82) is 0 Å². The number of rotatable bonds is 12. The van der Waals surface area contributed by atoms with E-state index in [0.29, 0.717) is 65.8 Å². The first-order chi connectivity index (χ1) is 31.2. The summed E-state index contributed by atoms with van der Waals surface area (Å²) in [4.78, 5) is 90.3. The second kappa shape index (κ2) is 17.8. The Bertz CT molecular complexity index is 2640. The largest absolute Gasteiger partial charge is 0.478 e. The number of likely N-dealkylation sites (tertiary alicyclic amines) is 1. The molecule has 4 fully saturated rings. The molecule has 0 spiro atoms. The third-order valence-electron chi connectivity index (χ3n) is 13.4. The number of anilines is 3. The van der Waals surface area contributed by atoms with Gasteiger partial charge in [-0.25, -0.2) is 9.37 Å². The van der Waals surface area contributed by atoms with Crippen molar-refractivity contribution in [3.63, 3.8) is 0 Å². The predicted octanol–water partition coefficient (Wildman–Crippen LogP) is 4.77. The molecule has 1 aliphatic carbocycles. The number of hydrogen-bond acceptors (Lipinski definition) is 13. The Balaban J connectivity index is 0.754. The van der Waals surface area contributed by atoms with Crippen LogP contribution in [0.5, 0.6) is 5.75 Å². The summed E-state index contributed by atoms with van der Waals surface area (Å²) in [6, 6.07) is 10.8. The van der Waals surface area contributed by atoms with Crippen LogP contribution in [-0.4, -0.2) is 118 Å². The molecule has 3 N–H and O–H groups in total. The van der Waals surface area contributed by atoms with Crippen molar-refractivity contribution in [3.05, 3.63) is 80.7 Å². The molecule has 1 saturated carbocycles. The van der Waals surface area contributed by atoms with Gasteiger partial charge in [0.25, 0.3) is 23.3 Å². The number of halogens is 2. The maximum Gasteiger partial charge on any atom is 0.293 e. The number of amides is 5. The minimum absolute atomic E-state index is 0.0280. The molecule has 5 amide bonds. The van der Waals surface area contributed by atoms with Crippen molar-refractivity contribution in [2.45, 2.75) is 101 Å². The molecule has 9 rings (SSSR count). The highest BCUT2D eigenvalue weighted by Crippen LogP contribution is 2.42. The van der Waals surface area contributed by atoms with Crippen molar-refractivity contribution < 1.29 is 37.8 Å². The van der Waals surface area contributed by atoms with Gasteiger partial charge in [-0.1, -0.05) is 17.7 Å². The number of imide groups is 2. The van der Waals surface area contributed by atoms with Crippen molar-refractivity contribution in [1.82, 2.24) is 35.0 Å². The van der Waals surface area contributed by atoms with Gasteiger partial charge in [-0.15, -0.1) is 0 Å². The molecular formula is C46H51ClFN9O8. The molecule has 6 heterocycles. The van der Waals surface area contributed by atoms with E-state index in [1.165, 1.54) is 19.2 Å². The third kappa shape index (κ3) is 8.66. The number of fused-ring (bicyclic) bond motifs is 2. The molecule has 65 heavy (non-hydrogen) atoms. The number of aromatic nitrogens is 3. The van der Waals surface area contributed by atoms with Gasteiger partial charge in [0, 0.05) is 62.8 Å². The standard InChI is InChI=1S/C46H51ClFN9O8/c1-25(2)56-35-7-5-28(18-26(35)19-37(44(56)63)64-24-39(59)49-3)51-40-34(47)23-50-45(53-40)55-14-10-30(11-15-55)65-31-21-29(22-31)54-16-12-46(48,13-17-54)27-4-6-32-33(20-27)43(62)57(42(32)61)36-8-9-38(58)52-41(36)60/h4-7,18-20,23,25,29-31,36H,8-17,21-22,24H2,1-3H3,(H,49,59)(H,50,51,53)(H,52,58,60)/t29-,31-,36?. The maximum atomic E-state index is 16.5. The van der Waals surface area contributed by atoms with Gasteiger partial charge in [-0.3, -0.25) is 43.9 Å². The number of benzene rings is 2. The second-order valence-electron chi connectivity index (χ2n) is 17.8. The predicted molar refractivity (Wildman–Crippen MR) is 238 cm³/mol. The van der Waals surface area contributed by atoms with E-state index in [1.807, 2.05) is 32.0 Å². The number of hydrogen-bond donors (Lipinski definition) is 3. The van der Waals surface area contributed by atoms with Crippen LogP contribution in [-0.2, 0) is 24.8 Å². The smallest absolute Gasteiger partial charge is 0.293 e. The van der Waals surface area contributed by atoms with E-state index in [-0.39, 0.29) is 78.9 Å². The molecule has 342 valence electrons. The van der Waals surface area contributed by atoms with Crippen LogP contribution in [0.2, 0.25) is 5.02 Å². The van der Waals surface area contributed by atoms with Gasteiger partial charge >= 0.3 is 0 Å². The van der Waals surface area contributed by atoms with E-state index >= 15 is 4.39 Å². The second-order valence-corrected chi connectivity index (χ2v) is 18.2. The molecule has 4 aromatic rings. The average Bonchev–Trinajstić information content (AvgIpc) is 3.52. The lowest BCUT2D eigenvalue weighted by molar-refractivity contribution is -0.136. The Morgan fingerprint density at radius 2 is 1.69 bits per heavy atom. The molecule has 19 heteroatoms. The first-order valence-corrected chi connectivity index (χ1v) is 22.6. The van der Waals surface area contributed by atoms with E-state index in [4.69, 9.17) is 26.1 Å². The first-order valence-electron chi connectivity index (χ1n) is 22.2. The van der Waals surface area contributed by atoms with Crippen molar-refractivity contribution in [2.24, 2.45) is 0 Å². The van der Waals surface area contributed by atoms with Gasteiger partial charge in [0.05, 0.1) is 35.0 Å². The molecule has 5 aliphatic rings. The van der Waals surface area contributed by atoms with Crippen LogP contribution < -0.4 is 31.1 Å². The molecular weight excluding hydrogens is 861 g/mol. The third-order valence-corrected chi connectivity index (χ3v) is 13.7. The number of carbonyl (C=O) groups excluding carboxylic acids is 5. The van der Waals surface area contributed by atoms with Crippen molar-refractivity contribution >= 4 is 69.5 Å². The van der Waals surface area contributed by atoms with Gasteiger partial charge in [0.2, 0.25) is 17.8 Å². The number of ether oxygens (including phenoxy) is 2. The van der Waals surface area contributed by atoms with Crippen molar-refractivity contribution in [3.8, 4) is 5.75 Å². The fourth-order valence-corrected chi connectivity index (χ4v) is 9.80. The Labute approximate surface area is 379 Å². The van der Waals surface area contributed by atoms with Crippen LogP contribution in [0.1, 0.15) is 97.5 Å². The van der Waals surface area contributed by atoms with Gasteiger partial charge < -0.3 is 29.6 Å². The number of alkyl halides is 1. The summed E-state index contributed by atoms with van der Waals surface area (Å²) in [5, 5.41) is 9.07. The summed E-state index contributed by atoms with van der Waals surface area (Å²) >= 11 is 6.58. The van der Waals surface area contributed by atoms with E-state index < -0.39 is 35.3 Å². The Morgan fingerprint density at radius 1 is 0.954 bits per heavy atom. The van der Waals surface area contributed by atoms with Crippen LogP contribution in [0.4, 0.5) is 21.8 Å². The average molecular weight is 912 g/mol. The highest BCUT2D eigenvalue weighted by Gasteiger charge is 2.47. The maximum absolute atomic E-state index is 16.5. The van der Waals surface area contributed by atoms with Gasteiger partial charge in [-0.2, -0.15) is 4.98 Å². The van der Waals surface area contributed by atoms with Crippen LogP contribution >= 0.6 is 11.6 Å². The van der Waals surface area contributed by atoms with E-state index in [0.717, 1.165) is 36.0 Å². The lowest BCUT2D eigenvalue weighted by Crippen LogP contribution is -2.54. The zero-order chi connectivity index (χ0) is 45.7. The topological polar surface area (TPSA) is 197 Å². The van der Waals surface area contributed by atoms with Gasteiger partial charge in [-0.05, 0) is 101 Å². The SMILES string of the molecule is CNC(=O)COc1cc2cc(Nc3nc(N4CCC(O[C@H]5C[C@H](N6CCC(F)(c7ccc8c(c7)C(=O)N(C7CCC(=O)NC7=O)C8=O)CC6)C5)CC4)ncc3Cl)ccc2n(C(C)C)c1=O. The summed E-state index contributed by atoms with van der Waals surface area (Å²) in [7, 11) is 1.50. The summed E-state index contributed by atoms with van der Waals surface area (Å²) in [6.07, 6.45) is 5.72. The Hall–Kier alpha value is -5.98.